The quantitative estimate of drug-likeness (QED) is 0.539. The number of hydrogen-bond acceptors (Lipinski definition) is 6. The molecule has 0 saturated carbocycles. The van der Waals surface area contributed by atoms with E-state index < -0.39 is 0 Å². The summed E-state index contributed by atoms with van der Waals surface area (Å²) in [6, 6.07) is 11.7. The molecular weight excluding hydrogens is 386 g/mol. The van der Waals surface area contributed by atoms with Gasteiger partial charge in [-0.25, -0.2) is 0 Å². The molecule has 0 aliphatic heterocycles. The minimum atomic E-state index is -0.199. The van der Waals surface area contributed by atoms with E-state index >= 15 is 0 Å². The number of nitrogens with one attached hydrogen (secondary N) is 1. The lowest BCUT2D eigenvalue weighted by atomic mass is 10.1. The van der Waals surface area contributed by atoms with E-state index in [-0.39, 0.29) is 12.5 Å². The maximum atomic E-state index is 12.3. The van der Waals surface area contributed by atoms with Crippen LogP contribution in [0.2, 0.25) is 0 Å². The fourth-order valence-electron chi connectivity index (χ4n) is 3.06. The summed E-state index contributed by atoms with van der Waals surface area (Å²) in [5.74, 6) is 1.28. The number of aryl methyl sites for hydroxylation is 4. The predicted octanol–water partition coefficient (Wildman–Crippen LogP) is 4.10. The third-order valence-electron chi connectivity index (χ3n) is 4.58. The summed E-state index contributed by atoms with van der Waals surface area (Å²) in [6.07, 6.45) is 0. The van der Waals surface area contributed by atoms with E-state index in [2.05, 4.69) is 20.6 Å². The van der Waals surface area contributed by atoms with E-state index in [1.165, 1.54) is 11.3 Å². The second-order valence-electron chi connectivity index (χ2n) is 6.98. The Bertz CT molecular complexity index is 1210. The zero-order chi connectivity index (χ0) is 20.5. The second-order valence-corrected chi connectivity index (χ2v) is 7.94. The number of benzene rings is 2. The van der Waals surface area contributed by atoms with Crippen LogP contribution in [0.4, 0.5) is 5.69 Å². The molecule has 0 atom stereocenters. The van der Waals surface area contributed by atoms with Gasteiger partial charge in [0.1, 0.15) is 10.8 Å². The first-order valence-corrected chi connectivity index (χ1v) is 10.0. The highest BCUT2D eigenvalue weighted by molar-refractivity contribution is 7.19. The molecule has 29 heavy (non-hydrogen) atoms. The summed E-state index contributed by atoms with van der Waals surface area (Å²) in [7, 11) is 0. The maximum absolute atomic E-state index is 12.3. The van der Waals surface area contributed by atoms with E-state index in [4.69, 9.17) is 4.74 Å². The SMILES string of the molecule is Cc1ccc(OCC(=O)Nc2ccc(-c3nn4c(C)nnc4s3)cc2C)c(C)c1. The van der Waals surface area contributed by atoms with Gasteiger partial charge in [-0.1, -0.05) is 29.0 Å². The van der Waals surface area contributed by atoms with Crippen LogP contribution in [-0.2, 0) is 4.79 Å². The highest BCUT2D eigenvalue weighted by atomic mass is 32.1. The monoisotopic (exact) mass is 407 g/mol. The third-order valence-corrected chi connectivity index (χ3v) is 5.53. The van der Waals surface area contributed by atoms with Crippen molar-refractivity contribution >= 4 is 27.9 Å². The van der Waals surface area contributed by atoms with Crippen LogP contribution in [0.25, 0.3) is 15.5 Å². The van der Waals surface area contributed by atoms with Gasteiger partial charge in [-0.05, 0) is 63.1 Å². The lowest BCUT2D eigenvalue weighted by Gasteiger charge is -2.12. The number of carbonyl (C=O) groups excluding carboxylic acids is 1. The molecular formula is C21H21N5O2S. The molecule has 0 aliphatic rings. The van der Waals surface area contributed by atoms with Gasteiger partial charge in [0.25, 0.3) is 5.91 Å². The molecule has 1 amide bonds. The molecule has 2 aromatic heterocycles. The van der Waals surface area contributed by atoms with Gasteiger partial charge in [0.15, 0.2) is 12.4 Å². The number of aromatic nitrogens is 4. The van der Waals surface area contributed by atoms with Gasteiger partial charge in [0.2, 0.25) is 4.96 Å². The molecule has 2 aromatic carbocycles. The van der Waals surface area contributed by atoms with Crippen molar-refractivity contribution < 1.29 is 9.53 Å². The maximum Gasteiger partial charge on any atom is 0.262 e. The van der Waals surface area contributed by atoms with Gasteiger partial charge in [0.05, 0.1) is 0 Å². The van der Waals surface area contributed by atoms with E-state index in [0.717, 1.165) is 49.5 Å². The third kappa shape index (κ3) is 3.97. The molecule has 1 N–H and O–H groups in total. The molecule has 0 aliphatic carbocycles. The predicted molar refractivity (Wildman–Crippen MR) is 114 cm³/mol. The van der Waals surface area contributed by atoms with Crippen LogP contribution in [0.3, 0.4) is 0 Å². The van der Waals surface area contributed by atoms with E-state index in [1.807, 2.05) is 64.1 Å². The van der Waals surface area contributed by atoms with Crippen LogP contribution in [-0.4, -0.2) is 32.3 Å². The Morgan fingerprint density at radius 1 is 1.07 bits per heavy atom. The van der Waals surface area contributed by atoms with Crippen LogP contribution in [0.1, 0.15) is 22.5 Å². The zero-order valence-electron chi connectivity index (χ0n) is 16.7. The van der Waals surface area contributed by atoms with Crippen LogP contribution in [0.15, 0.2) is 36.4 Å². The normalized spacial score (nSPS) is 11.0. The van der Waals surface area contributed by atoms with Crippen molar-refractivity contribution in [2.75, 3.05) is 11.9 Å². The molecule has 2 heterocycles. The summed E-state index contributed by atoms with van der Waals surface area (Å²) in [5, 5.41) is 16.4. The second kappa shape index (κ2) is 7.63. The topological polar surface area (TPSA) is 81.4 Å². The molecule has 4 aromatic rings. The van der Waals surface area contributed by atoms with E-state index in [0.29, 0.717) is 0 Å². The van der Waals surface area contributed by atoms with E-state index in [1.54, 1.807) is 4.52 Å². The highest BCUT2D eigenvalue weighted by Gasteiger charge is 2.13. The van der Waals surface area contributed by atoms with E-state index in [9.17, 15) is 4.79 Å². The molecule has 7 nitrogen and oxygen atoms in total. The van der Waals surface area contributed by atoms with Gasteiger partial charge >= 0.3 is 0 Å². The minimum Gasteiger partial charge on any atom is -0.483 e. The molecule has 0 radical (unpaired) electrons. The largest absolute Gasteiger partial charge is 0.483 e. The van der Waals surface area contributed by atoms with Gasteiger partial charge in [0, 0.05) is 11.3 Å². The summed E-state index contributed by atoms with van der Waals surface area (Å²) in [4.78, 5) is 13.1. The fourth-order valence-corrected chi connectivity index (χ4v) is 3.94. The first-order valence-electron chi connectivity index (χ1n) is 9.20. The molecule has 0 spiro atoms. The van der Waals surface area contributed by atoms with Crippen molar-refractivity contribution in [2.45, 2.75) is 27.7 Å². The summed E-state index contributed by atoms with van der Waals surface area (Å²) in [6.45, 7) is 7.78. The van der Waals surface area contributed by atoms with Gasteiger partial charge < -0.3 is 10.1 Å². The molecule has 0 saturated heterocycles. The number of amides is 1. The molecule has 0 fully saturated rings. The molecule has 4 rings (SSSR count). The lowest BCUT2D eigenvalue weighted by Crippen LogP contribution is -2.20. The number of ether oxygens (including phenoxy) is 1. The average Bonchev–Trinajstić information content (AvgIpc) is 3.25. The molecule has 8 heteroatoms. The highest BCUT2D eigenvalue weighted by Crippen LogP contribution is 2.28. The number of rotatable bonds is 5. The Morgan fingerprint density at radius 3 is 2.62 bits per heavy atom. The number of hydrogen-bond donors (Lipinski definition) is 1. The number of fused-ring (bicyclic) bond motifs is 1. The lowest BCUT2D eigenvalue weighted by molar-refractivity contribution is -0.118. The summed E-state index contributed by atoms with van der Waals surface area (Å²) < 4.78 is 7.39. The Labute approximate surface area is 172 Å². The Hall–Kier alpha value is -3.26. The molecule has 0 bridgehead atoms. The standard InChI is InChI=1S/C21H21N5O2S/c1-12-5-8-18(14(3)9-12)28-11-19(27)22-17-7-6-16(10-13(17)2)20-25-26-15(4)23-24-21(26)29-20/h5-10H,11H2,1-4H3,(H,22,27). The van der Waals surface area contributed by atoms with Crippen LogP contribution in [0, 0.1) is 27.7 Å². The zero-order valence-corrected chi connectivity index (χ0v) is 17.5. The van der Waals surface area contributed by atoms with Crippen molar-refractivity contribution in [1.29, 1.82) is 0 Å². The van der Waals surface area contributed by atoms with Crippen molar-refractivity contribution in [1.82, 2.24) is 19.8 Å². The average molecular weight is 407 g/mol. The van der Waals surface area contributed by atoms with Gasteiger partial charge in [-0.2, -0.15) is 9.61 Å². The minimum absolute atomic E-state index is 0.0406. The van der Waals surface area contributed by atoms with Gasteiger partial charge in [-0.15, -0.1) is 10.2 Å². The van der Waals surface area contributed by atoms with Crippen LogP contribution in [0.5, 0.6) is 5.75 Å². The Kier molecular flexibility index (Phi) is 5.02. The first kappa shape index (κ1) is 19.1. The van der Waals surface area contributed by atoms with Crippen molar-refractivity contribution in [3.05, 3.63) is 58.9 Å². The van der Waals surface area contributed by atoms with Crippen molar-refractivity contribution in [2.24, 2.45) is 0 Å². The van der Waals surface area contributed by atoms with Gasteiger partial charge in [-0.3, -0.25) is 4.79 Å². The number of carbonyl (C=O) groups is 1. The first-order chi connectivity index (χ1) is 13.9. The fraction of sp³-hybridized carbons (Fsp3) is 0.238. The number of anilines is 1. The van der Waals surface area contributed by atoms with Crippen molar-refractivity contribution in [3.8, 4) is 16.3 Å². The van der Waals surface area contributed by atoms with Crippen molar-refractivity contribution in [3.63, 3.8) is 0 Å². The molecule has 0 unspecified atom stereocenters. The Morgan fingerprint density at radius 2 is 1.90 bits per heavy atom. The Balaban J connectivity index is 1.44. The summed E-state index contributed by atoms with van der Waals surface area (Å²) >= 11 is 1.48. The summed E-state index contributed by atoms with van der Waals surface area (Å²) in [5.41, 5.74) is 4.85. The van der Waals surface area contributed by atoms with Crippen LogP contribution < -0.4 is 10.1 Å². The molecule has 148 valence electrons. The van der Waals surface area contributed by atoms with Crippen LogP contribution >= 0.6 is 11.3 Å². The number of nitrogens with zero attached hydrogens (tertiary/aromatic N) is 4. The smallest absolute Gasteiger partial charge is 0.262 e.